The molecule has 2 aliphatic heterocycles. The molecule has 0 radical (unpaired) electrons. The van der Waals surface area contributed by atoms with E-state index in [9.17, 15) is 9.18 Å². The normalized spacial score (nSPS) is 25.7. The Morgan fingerprint density at radius 1 is 1.11 bits per heavy atom. The average Bonchev–Trinajstić information content (AvgIpc) is 3.44. The van der Waals surface area contributed by atoms with Gasteiger partial charge in [-0.1, -0.05) is 0 Å². The molecule has 2 bridgehead atoms. The predicted molar refractivity (Wildman–Crippen MR) is 113 cm³/mol. The molecule has 3 heterocycles. The van der Waals surface area contributed by atoms with Crippen LogP contribution in [-0.4, -0.2) is 41.0 Å². The minimum atomic E-state index is -0.324. The number of piperidine rings is 1. The number of hydrogen-bond donors (Lipinski definition) is 1. The van der Waals surface area contributed by atoms with Crippen LogP contribution in [0.3, 0.4) is 0 Å². The monoisotopic (exact) mass is 425 g/mol. The minimum absolute atomic E-state index is 0. The number of halogens is 3. The Labute approximate surface area is 177 Å². The number of nitrogens with zero attached hydrogens (tertiary/aromatic N) is 2. The van der Waals surface area contributed by atoms with Crippen LogP contribution in [0.1, 0.15) is 60.5 Å². The van der Waals surface area contributed by atoms with E-state index >= 15 is 0 Å². The molecule has 1 aromatic heterocycles. The molecule has 1 N–H and O–H groups in total. The topological polar surface area (TPSA) is 45.2 Å². The fraction of sp³-hybridized carbons (Fsp3) is 0.524. The molecule has 7 heteroatoms. The van der Waals surface area contributed by atoms with Gasteiger partial charge in [-0.05, 0) is 62.8 Å². The van der Waals surface area contributed by atoms with E-state index in [4.69, 9.17) is 0 Å². The molecule has 1 amide bonds. The fourth-order valence-electron chi connectivity index (χ4n) is 4.68. The first kappa shape index (κ1) is 21.3. The first-order chi connectivity index (χ1) is 12.6. The summed E-state index contributed by atoms with van der Waals surface area (Å²) in [4.78, 5) is 19.9. The molecule has 4 nitrogen and oxygen atoms in total. The zero-order chi connectivity index (χ0) is 17.8. The van der Waals surface area contributed by atoms with Gasteiger partial charge in [-0.15, -0.1) is 24.8 Å². The van der Waals surface area contributed by atoms with Crippen LogP contribution >= 0.6 is 24.8 Å². The Morgan fingerprint density at radius 2 is 1.79 bits per heavy atom. The van der Waals surface area contributed by atoms with Gasteiger partial charge in [0.2, 0.25) is 0 Å². The second-order valence-electron chi connectivity index (χ2n) is 8.21. The number of benzene rings is 1. The SMILES string of the molecule is CN(C(=O)c1cc(C2CC2)nc2ccc(F)cc12)C1CC2CCC(C1)N2.Cl.Cl. The number of amides is 1. The van der Waals surface area contributed by atoms with Crippen LogP contribution < -0.4 is 5.32 Å². The summed E-state index contributed by atoms with van der Waals surface area (Å²) in [7, 11) is 1.90. The van der Waals surface area contributed by atoms with E-state index in [1.54, 1.807) is 6.07 Å². The molecule has 2 unspecified atom stereocenters. The highest BCUT2D eigenvalue weighted by molar-refractivity contribution is 6.06. The standard InChI is InChI=1S/C21H24FN3O.2ClH/c1-25(16-9-14-5-6-15(10-16)23-14)21(26)18-11-20(12-2-3-12)24-19-7-4-13(22)8-17(18)19;;/h4,7-8,11-12,14-16,23H,2-3,5-6,9-10H2,1H3;2*1H. The van der Waals surface area contributed by atoms with E-state index in [0.29, 0.717) is 29.0 Å². The number of fused-ring (bicyclic) bond motifs is 3. The molecule has 28 heavy (non-hydrogen) atoms. The summed E-state index contributed by atoms with van der Waals surface area (Å²) in [5.41, 5.74) is 2.30. The molecule has 3 aliphatic rings. The van der Waals surface area contributed by atoms with Gasteiger partial charge in [0.25, 0.3) is 5.91 Å². The van der Waals surface area contributed by atoms with E-state index in [2.05, 4.69) is 10.3 Å². The number of pyridine rings is 1. The van der Waals surface area contributed by atoms with Gasteiger partial charge in [0.1, 0.15) is 5.82 Å². The van der Waals surface area contributed by atoms with Gasteiger partial charge < -0.3 is 10.2 Å². The third kappa shape index (κ3) is 3.85. The first-order valence-electron chi connectivity index (χ1n) is 9.72. The summed E-state index contributed by atoms with van der Waals surface area (Å²) in [6.07, 6.45) is 6.68. The zero-order valence-electron chi connectivity index (χ0n) is 15.9. The Balaban J connectivity index is 0.00000112. The van der Waals surface area contributed by atoms with Crippen molar-refractivity contribution < 1.29 is 9.18 Å². The van der Waals surface area contributed by atoms with Gasteiger partial charge >= 0.3 is 0 Å². The number of nitrogens with one attached hydrogen (secondary N) is 1. The highest BCUT2D eigenvalue weighted by atomic mass is 35.5. The van der Waals surface area contributed by atoms with E-state index in [1.807, 2.05) is 18.0 Å². The van der Waals surface area contributed by atoms with Gasteiger partial charge in [-0.25, -0.2) is 4.39 Å². The molecule has 3 fully saturated rings. The third-order valence-electron chi connectivity index (χ3n) is 6.33. The van der Waals surface area contributed by atoms with Gasteiger partial charge in [-0.2, -0.15) is 0 Å². The van der Waals surface area contributed by atoms with Crippen LogP contribution in [0.15, 0.2) is 24.3 Å². The van der Waals surface area contributed by atoms with Crippen LogP contribution in [0.5, 0.6) is 0 Å². The molecule has 2 atom stereocenters. The van der Waals surface area contributed by atoms with E-state index in [0.717, 1.165) is 36.9 Å². The average molecular weight is 426 g/mol. The fourth-order valence-corrected chi connectivity index (χ4v) is 4.68. The van der Waals surface area contributed by atoms with Gasteiger partial charge in [0, 0.05) is 42.2 Å². The van der Waals surface area contributed by atoms with Crippen molar-refractivity contribution in [1.29, 1.82) is 0 Å². The lowest BCUT2D eigenvalue weighted by Crippen LogP contribution is -2.48. The second-order valence-corrected chi connectivity index (χ2v) is 8.21. The number of aromatic nitrogens is 1. The number of carbonyl (C=O) groups is 1. The second kappa shape index (κ2) is 8.13. The lowest BCUT2D eigenvalue weighted by Gasteiger charge is -2.35. The van der Waals surface area contributed by atoms with Crippen LogP contribution in [0.2, 0.25) is 0 Å². The van der Waals surface area contributed by atoms with Crippen LogP contribution in [0, 0.1) is 5.82 Å². The Hall–Kier alpha value is -1.43. The Morgan fingerprint density at radius 3 is 2.43 bits per heavy atom. The number of carbonyl (C=O) groups excluding carboxylic acids is 1. The number of hydrogen-bond acceptors (Lipinski definition) is 3. The molecule has 1 saturated carbocycles. The van der Waals surface area contributed by atoms with Crippen LogP contribution in [0.4, 0.5) is 4.39 Å². The molecule has 1 aliphatic carbocycles. The number of rotatable bonds is 3. The largest absolute Gasteiger partial charge is 0.339 e. The van der Waals surface area contributed by atoms with Crippen molar-refractivity contribution in [1.82, 2.24) is 15.2 Å². The summed E-state index contributed by atoms with van der Waals surface area (Å²) in [5.74, 6) is 0.127. The molecular formula is C21H26Cl2FN3O. The van der Waals surface area contributed by atoms with Crippen molar-refractivity contribution in [3.8, 4) is 0 Å². The van der Waals surface area contributed by atoms with Crippen molar-refractivity contribution in [2.75, 3.05) is 7.05 Å². The lowest BCUT2D eigenvalue weighted by atomic mass is 9.97. The molecule has 0 spiro atoms. The zero-order valence-corrected chi connectivity index (χ0v) is 17.5. The van der Waals surface area contributed by atoms with Crippen molar-refractivity contribution >= 4 is 41.6 Å². The van der Waals surface area contributed by atoms with Crippen molar-refractivity contribution in [2.24, 2.45) is 0 Å². The van der Waals surface area contributed by atoms with E-state index in [1.165, 1.54) is 25.0 Å². The Kier molecular flexibility index (Phi) is 6.18. The summed E-state index contributed by atoms with van der Waals surface area (Å²) >= 11 is 0. The van der Waals surface area contributed by atoms with E-state index in [-0.39, 0.29) is 42.6 Å². The van der Waals surface area contributed by atoms with Crippen molar-refractivity contribution in [3.05, 3.63) is 41.3 Å². The summed E-state index contributed by atoms with van der Waals surface area (Å²) in [5, 5.41) is 4.25. The lowest BCUT2D eigenvalue weighted by molar-refractivity contribution is 0.0683. The Bertz CT molecular complexity index is 877. The quantitative estimate of drug-likeness (QED) is 0.789. The molecule has 152 valence electrons. The van der Waals surface area contributed by atoms with Crippen LogP contribution in [-0.2, 0) is 0 Å². The first-order valence-corrected chi connectivity index (χ1v) is 9.72. The highest BCUT2D eigenvalue weighted by Gasteiger charge is 2.37. The summed E-state index contributed by atoms with van der Waals surface area (Å²) in [6.45, 7) is 0. The molecule has 2 aromatic rings. The molecular weight excluding hydrogens is 400 g/mol. The molecule has 1 aromatic carbocycles. The maximum Gasteiger partial charge on any atom is 0.254 e. The highest BCUT2D eigenvalue weighted by Crippen LogP contribution is 2.40. The predicted octanol–water partition coefficient (Wildman–Crippen LogP) is 4.45. The molecule has 2 saturated heterocycles. The summed E-state index contributed by atoms with van der Waals surface area (Å²) < 4.78 is 13.9. The summed E-state index contributed by atoms with van der Waals surface area (Å²) in [6, 6.07) is 7.79. The van der Waals surface area contributed by atoms with Crippen LogP contribution in [0.25, 0.3) is 10.9 Å². The van der Waals surface area contributed by atoms with Crippen molar-refractivity contribution in [2.45, 2.75) is 62.6 Å². The smallest absolute Gasteiger partial charge is 0.254 e. The van der Waals surface area contributed by atoms with E-state index < -0.39 is 0 Å². The minimum Gasteiger partial charge on any atom is -0.339 e. The van der Waals surface area contributed by atoms with Crippen molar-refractivity contribution in [3.63, 3.8) is 0 Å². The maximum atomic E-state index is 13.9. The van der Waals surface area contributed by atoms with Gasteiger partial charge in [0.15, 0.2) is 0 Å². The maximum absolute atomic E-state index is 13.9. The van der Waals surface area contributed by atoms with Gasteiger partial charge in [0.05, 0.1) is 11.1 Å². The third-order valence-corrected chi connectivity index (χ3v) is 6.33. The van der Waals surface area contributed by atoms with Gasteiger partial charge in [-0.3, -0.25) is 9.78 Å². The molecule has 5 rings (SSSR count).